The van der Waals surface area contributed by atoms with Gasteiger partial charge in [0.2, 0.25) is 5.91 Å². The van der Waals surface area contributed by atoms with Gasteiger partial charge in [-0.1, -0.05) is 25.7 Å². The molecule has 0 aromatic rings. The van der Waals surface area contributed by atoms with Crippen LogP contribution in [0.4, 0.5) is 0 Å². The highest BCUT2D eigenvalue weighted by Gasteiger charge is 2.14. The van der Waals surface area contributed by atoms with Crippen molar-refractivity contribution in [1.82, 2.24) is 4.90 Å². The summed E-state index contributed by atoms with van der Waals surface area (Å²) in [6.07, 6.45) is 0. The maximum absolute atomic E-state index is 11.6. The van der Waals surface area contributed by atoms with Crippen LogP contribution < -0.4 is 0 Å². The Labute approximate surface area is 86.7 Å². The van der Waals surface area contributed by atoms with E-state index in [0.29, 0.717) is 13.1 Å². The van der Waals surface area contributed by atoms with Crippen LogP contribution in [-0.4, -0.2) is 23.9 Å². The molecule has 0 unspecified atom stereocenters. The quantitative estimate of drug-likeness (QED) is 0.619. The van der Waals surface area contributed by atoms with Crippen LogP contribution in [0.2, 0.25) is 0 Å². The van der Waals surface area contributed by atoms with Gasteiger partial charge in [-0.25, -0.2) is 0 Å². The standard InChI is InChI=1S/C12H17NO/c1-5-7-9-13(10-8-6-2)12(14)11(3)4/h11H,9-10H2,1-4H3. The Morgan fingerprint density at radius 2 is 1.57 bits per heavy atom. The molecular formula is C12H17NO. The first-order valence-corrected chi connectivity index (χ1v) is 4.71. The van der Waals surface area contributed by atoms with Crippen LogP contribution >= 0.6 is 0 Å². The molecule has 0 saturated heterocycles. The van der Waals surface area contributed by atoms with E-state index < -0.39 is 0 Å². The van der Waals surface area contributed by atoms with E-state index in [1.54, 1.807) is 18.7 Å². The fourth-order valence-corrected chi connectivity index (χ4v) is 0.926. The number of nitrogens with zero attached hydrogens (tertiary/aromatic N) is 1. The van der Waals surface area contributed by atoms with E-state index in [0.717, 1.165) is 0 Å². The fraction of sp³-hybridized carbons (Fsp3) is 0.583. The van der Waals surface area contributed by atoms with Gasteiger partial charge in [-0.3, -0.25) is 4.79 Å². The van der Waals surface area contributed by atoms with Gasteiger partial charge in [0, 0.05) is 5.92 Å². The second-order valence-corrected chi connectivity index (χ2v) is 3.20. The van der Waals surface area contributed by atoms with Crippen LogP contribution in [0.25, 0.3) is 0 Å². The number of hydrogen-bond donors (Lipinski definition) is 0. The number of carbonyl (C=O) groups excluding carboxylic acids is 1. The van der Waals surface area contributed by atoms with Gasteiger partial charge in [-0.2, -0.15) is 0 Å². The normalized spacial score (nSPS) is 8.36. The van der Waals surface area contributed by atoms with Crippen LogP contribution in [-0.2, 0) is 4.79 Å². The second kappa shape index (κ2) is 7.04. The number of amides is 1. The summed E-state index contributed by atoms with van der Waals surface area (Å²) in [7, 11) is 0. The minimum atomic E-state index is 0.00677. The lowest BCUT2D eigenvalue weighted by Crippen LogP contribution is -2.34. The average molecular weight is 191 g/mol. The molecule has 0 spiro atoms. The summed E-state index contributed by atoms with van der Waals surface area (Å²) in [6, 6.07) is 0. The van der Waals surface area contributed by atoms with Crippen LogP contribution in [0, 0.1) is 29.6 Å². The van der Waals surface area contributed by atoms with Gasteiger partial charge < -0.3 is 4.90 Å². The largest absolute Gasteiger partial charge is 0.320 e. The first-order chi connectivity index (χ1) is 6.63. The second-order valence-electron chi connectivity index (χ2n) is 3.20. The van der Waals surface area contributed by atoms with E-state index in [1.807, 2.05) is 13.8 Å². The topological polar surface area (TPSA) is 20.3 Å². The number of carbonyl (C=O) groups is 1. The summed E-state index contributed by atoms with van der Waals surface area (Å²) in [5.41, 5.74) is 0. The number of hydrogen-bond acceptors (Lipinski definition) is 1. The molecule has 0 aliphatic heterocycles. The predicted molar refractivity (Wildman–Crippen MR) is 58.3 cm³/mol. The smallest absolute Gasteiger partial charge is 0.226 e. The molecule has 2 nitrogen and oxygen atoms in total. The van der Waals surface area contributed by atoms with E-state index in [9.17, 15) is 4.79 Å². The van der Waals surface area contributed by atoms with Gasteiger partial charge in [0.25, 0.3) is 0 Å². The average Bonchev–Trinajstić information content (AvgIpc) is 2.17. The molecule has 0 saturated carbocycles. The first-order valence-electron chi connectivity index (χ1n) is 4.71. The molecule has 0 aliphatic carbocycles. The highest BCUT2D eigenvalue weighted by Crippen LogP contribution is 2.00. The molecule has 2 heteroatoms. The Morgan fingerprint density at radius 1 is 1.14 bits per heavy atom. The summed E-state index contributed by atoms with van der Waals surface area (Å²) in [5, 5.41) is 0. The van der Waals surface area contributed by atoms with Crippen molar-refractivity contribution >= 4 is 5.91 Å². The summed E-state index contributed by atoms with van der Waals surface area (Å²) in [6.45, 7) is 8.25. The van der Waals surface area contributed by atoms with Crippen molar-refractivity contribution in [1.29, 1.82) is 0 Å². The molecule has 0 bridgehead atoms. The molecule has 0 rings (SSSR count). The van der Waals surface area contributed by atoms with E-state index >= 15 is 0 Å². The molecular weight excluding hydrogens is 174 g/mol. The molecule has 0 N–H and O–H groups in total. The van der Waals surface area contributed by atoms with Gasteiger partial charge in [-0.05, 0) is 13.8 Å². The Morgan fingerprint density at radius 3 is 1.86 bits per heavy atom. The monoisotopic (exact) mass is 191 g/mol. The molecule has 0 radical (unpaired) electrons. The number of rotatable bonds is 3. The van der Waals surface area contributed by atoms with Gasteiger partial charge >= 0.3 is 0 Å². The van der Waals surface area contributed by atoms with Crippen molar-refractivity contribution in [3.05, 3.63) is 0 Å². The third-order valence-corrected chi connectivity index (χ3v) is 1.70. The minimum Gasteiger partial charge on any atom is -0.320 e. The molecule has 0 heterocycles. The Hall–Kier alpha value is -1.41. The molecule has 0 fully saturated rings. The van der Waals surface area contributed by atoms with Crippen LogP contribution in [0.3, 0.4) is 0 Å². The highest BCUT2D eigenvalue weighted by atomic mass is 16.2. The van der Waals surface area contributed by atoms with Crippen molar-refractivity contribution in [2.45, 2.75) is 27.7 Å². The Bertz CT molecular complexity index is 274. The van der Waals surface area contributed by atoms with Gasteiger partial charge in [0.15, 0.2) is 0 Å². The zero-order valence-corrected chi connectivity index (χ0v) is 9.35. The van der Waals surface area contributed by atoms with E-state index in [2.05, 4.69) is 23.7 Å². The van der Waals surface area contributed by atoms with Crippen molar-refractivity contribution in [2.24, 2.45) is 5.92 Å². The maximum Gasteiger partial charge on any atom is 0.226 e. The SMILES string of the molecule is CC#CCN(CC#CC)C(=O)C(C)C. The third kappa shape index (κ3) is 4.58. The zero-order valence-electron chi connectivity index (χ0n) is 9.35. The van der Waals surface area contributed by atoms with Crippen LogP contribution in [0.5, 0.6) is 0 Å². The van der Waals surface area contributed by atoms with Crippen LogP contribution in [0.1, 0.15) is 27.7 Å². The van der Waals surface area contributed by atoms with E-state index in [1.165, 1.54) is 0 Å². The molecule has 14 heavy (non-hydrogen) atoms. The lowest BCUT2D eigenvalue weighted by molar-refractivity contribution is -0.133. The summed E-state index contributed by atoms with van der Waals surface area (Å²) < 4.78 is 0. The fourth-order valence-electron chi connectivity index (χ4n) is 0.926. The summed E-state index contributed by atoms with van der Waals surface area (Å²) in [5.74, 6) is 11.4. The van der Waals surface area contributed by atoms with Gasteiger partial charge in [-0.15, -0.1) is 11.8 Å². The molecule has 1 amide bonds. The molecule has 76 valence electrons. The van der Waals surface area contributed by atoms with Gasteiger partial charge in [0.05, 0.1) is 13.1 Å². The van der Waals surface area contributed by atoms with Crippen molar-refractivity contribution < 1.29 is 4.79 Å². The first kappa shape index (κ1) is 12.6. The van der Waals surface area contributed by atoms with Crippen molar-refractivity contribution in [3.63, 3.8) is 0 Å². The molecule has 0 atom stereocenters. The zero-order chi connectivity index (χ0) is 11.0. The maximum atomic E-state index is 11.6. The Balaban J connectivity index is 4.40. The van der Waals surface area contributed by atoms with E-state index in [-0.39, 0.29) is 11.8 Å². The Kier molecular flexibility index (Phi) is 6.33. The lowest BCUT2D eigenvalue weighted by atomic mass is 10.2. The van der Waals surface area contributed by atoms with Crippen LogP contribution in [0.15, 0.2) is 0 Å². The van der Waals surface area contributed by atoms with E-state index in [4.69, 9.17) is 0 Å². The third-order valence-electron chi connectivity index (χ3n) is 1.70. The highest BCUT2D eigenvalue weighted by molar-refractivity contribution is 5.78. The summed E-state index contributed by atoms with van der Waals surface area (Å²) in [4.78, 5) is 13.3. The van der Waals surface area contributed by atoms with Crippen molar-refractivity contribution in [3.8, 4) is 23.7 Å². The predicted octanol–water partition coefficient (Wildman–Crippen LogP) is 1.52. The molecule has 0 aliphatic rings. The van der Waals surface area contributed by atoms with Gasteiger partial charge in [0.1, 0.15) is 0 Å². The van der Waals surface area contributed by atoms with Crippen molar-refractivity contribution in [2.75, 3.05) is 13.1 Å². The minimum absolute atomic E-state index is 0.00677. The molecule has 0 aromatic carbocycles. The summed E-state index contributed by atoms with van der Waals surface area (Å²) >= 11 is 0. The molecule has 0 aromatic heterocycles. The lowest BCUT2D eigenvalue weighted by Gasteiger charge is -2.19.